The van der Waals surface area contributed by atoms with Crippen molar-refractivity contribution in [3.8, 4) is 0 Å². The molecule has 0 bridgehead atoms. The number of hydrogen-bond acceptors (Lipinski definition) is 7. The summed E-state index contributed by atoms with van der Waals surface area (Å²) in [4.78, 5) is 50.3. The molecule has 1 fully saturated rings. The number of hydrogen-bond donors (Lipinski definition) is 2. The minimum Gasteiger partial charge on any atom is -0.428 e. The van der Waals surface area contributed by atoms with E-state index in [1.54, 1.807) is 12.1 Å². The van der Waals surface area contributed by atoms with E-state index in [1.165, 1.54) is 0 Å². The molecule has 0 radical (unpaired) electrons. The van der Waals surface area contributed by atoms with Gasteiger partial charge < -0.3 is 25.0 Å². The molecule has 2 aliphatic rings. The van der Waals surface area contributed by atoms with Gasteiger partial charge in [0.2, 0.25) is 6.79 Å². The fourth-order valence-corrected chi connectivity index (χ4v) is 4.20. The van der Waals surface area contributed by atoms with Gasteiger partial charge in [-0.1, -0.05) is 19.4 Å². The van der Waals surface area contributed by atoms with Gasteiger partial charge in [-0.15, -0.1) is 0 Å². The summed E-state index contributed by atoms with van der Waals surface area (Å²) < 4.78 is 9.66. The average Bonchev–Trinajstić information content (AvgIpc) is 3.16. The molecular formula is C25H35N3O6. The molecule has 1 saturated heterocycles. The summed E-state index contributed by atoms with van der Waals surface area (Å²) in [5.74, 6) is -0.715. The summed E-state index contributed by atoms with van der Waals surface area (Å²) in [6.45, 7) is 5.02. The molecule has 2 N–H and O–H groups in total. The Hall–Kier alpha value is -2.94. The normalized spacial score (nSPS) is 15.7. The summed E-state index contributed by atoms with van der Waals surface area (Å²) in [5.41, 5.74) is 1.89. The predicted molar refractivity (Wildman–Crippen MR) is 125 cm³/mol. The third-order valence-corrected chi connectivity index (χ3v) is 6.31. The molecular weight excluding hydrogens is 438 g/mol. The zero-order chi connectivity index (χ0) is 24.3. The van der Waals surface area contributed by atoms with Crippen LogP contribution in [0.5, 0.6) is 0 Å². The number of fused-ring (bicyclic) bond motifs is 1. The van der Waals surface area contributed by atoms with Crippen molar-refractivity contribution in [2.24, 2.45) is 5.92 Å². The first-order chi connectivity index (χ1) is 16.5. The lowest BCUT2D eigenvalue weighted by molar-refractivity contribution is -0.167. The quantitative estimate of drug-likeness (QED) is 0.354. The van der Waals surface area contributed by atoms with Crippen molar-refractivity contribution in [3.63, 3.8) is 0 Å². The van der Waals surface area contributed by atoms with Gasteiger partial charge in [0.1, 0.15) is 0 Å². The SMILES string of the molecule is CCCCC(=O)OCOC(=O)CCNC(=O)c1ccc2c(c1)C(=O)N(CCC1CCNCC1)C2. The zero-order valence-electron chi connectivity index (χ0n) is 19.9. The number of nitrogens with one attached hydrogen (secondary N) is 2. The van der Waals surface area contributed by atoms with Crippen LogP contribution in [-0.4, -0.2) is 61.6 Å². The monoisotopic (exact) mass is 473 g/mol. The van der Waals surface area contributed by atoms with Crippen molar-refractivity contribution in [2.45, 2.75) is 58.4 Å². The summed E-state index contributed by atoms with van der Waals surface area (Å²) in [7, 11) is 0. The third kappa shape index (κ3) is 7.55. The van der Waals surface area contributed by atoms with E-state index in [4.69, 9.17) is 9.47 Å². The van der Waals surface area contributed by atoms with Crippen LogP contribution in [-0.2, 0) is 25.6 Å². The van der Waals surface area contributed by atoms with Crippen molar-refractivity contribution in [1.82, 2.24) is 15.5 Å². The van der Waals surface area contributed by atoms with Gasteiger partial charge in [-0.25, -0.2) is 0 Å². The molecule has 34 heavy (non-hydrogen) atoms. The van der Waals surface area contributed by atoms with Crippen molar-refractivity contribution in [3.05, 3.63) is 34.9 Å². The highest BCUT2D eigenvalue weighted by Gasteiger charge is 2.28. The molecule has 0 saturated carbocycles. The van der Waals surface area contributed by atoms with Crippen LogP contribution in [0.4, 0.5) is 0 Å². The smallest absolute Gasteiger partial charge is 0.310 e. The second-order valence-electron chi connectivity index (χ2n) is 8.84. The van der Waals surface area contributed by atoms with Gasteiger partial charge in [-0.05, 0) is 62.4 Å². The first-order valence-electron chi connectivity index (χ1n) is 12.2. The Labute approximate surface area is 200 Å². The molecule has 9 nitrogen and oxygen atoms in total. The predicted octanol–water partition coefficient (Wildman–Crippen LogP) is 2.39. The van der Waals surface area contributed by atoms with Crippen LogP contribution in [0.3, 0.4) is 0 Å². The molecule has 0 atom stereocenters. The van der Waals surface area contributed by atoms with E-state index in [1.807, 2.05) is 17.9 Å². The molecule has 9 heteroatoms. The van der Waals surface area contributed by atoms with Gasteiger partial charge in [0.05, 0.1) is 6.42 Å². The minimum atomic E-state index is -0.572. The number of amides is 2. The van der Waals surface area contributed by atoms with E-state index < -0.39 is 18.7 Å². The third-order valence-electron chi connectivity index (χ3n) is 6.31. The Kier molecular flexibility index (Phi) is 9.88. The highest BCUT2D eigenvalue weighted by Crippen LogP contribution is 2.26. The van der Waals surface area contributed by atoms with Crippen LogP contribution < -0.4 is 10.6 Å². The first kappa shape index (κ1) is 25.7. The number of rotatable bonds is 12. The lowest BCUT2D eigenvalue weighted by Crippen LogP contribution is -2.31. The van der Waals surface area contributed by atoms with Crippen LogP contribution in [0.25, 0.3) is 0 Å². The Bertz CT molecular complexity index is 881. The van der Waals surface area contributed by atoms with Crippen LogP contribution in [0.2, 0.25) is 0 Å². The maximum atomic E-state index is 12.8. The second-order valence-corrected chi connectivity index (χ2v) is 8.84. The van der Waals surface area contributed by atoms with E-state index in [-0.39, 0.29) is 24.8 Å². The molecule has 0 spiro atoms. The lowest BCUT2D eigenvalue weighted by atomic mass is 9.94. The van der Waals surface area contributed by atoms with E-state index >= 15 is 0 Å². The van der Waals surface area contributed by atoms with Gasteiger partial charge in [0.25, 0.3) is 11.8 Å². The van der Waals surface area contributed by atoms with E-state index in [2.05, 4.69) is 10.6 Å². The summed E-state index contributed by atoms with van der Waals surface area (Å²) in [6.07, 6.45) is 5.15. The molecule has 2 heterocycles. The Balaban J connectivity index is 1.39. The fraction of sp³-hybridized carbons (Fsp3) is 0.600. The average molecular weight is 474 g/mol. The van der Waals surface area contributed by atoms with Crippen molar-refractivity contribution >= 4 is 23.8 Å². The Morgan fingerprint density at radius 1 is 1.12 bits per heavy atom. The molecule has 0 aromatic heterocycles. The van der Waals surface area contributed by atoms with E-state index in [0.717, 1.165) is 57.3 Å². The lowest BCUT2D eigenvalue weighted by Gasteiger charge is -2.25. The van der Waals surface area contributed by atoms with Crippen molar-refractivity contribution in [1.29, 1.82) is 0 Å². The van der Waals surface area contributed by atoms with E-state index in [9.17, 15) is 19.2 Å². The number of unbranched alkanes of at least 4 members (excludes halogenated alkanes) is 1. The van der Waals surface area contributed by atoms with Gasteiger partial charge >= 0.3 is 11.9 Å². The Morgan fingerprint density at radius 3 is 2.59 bits per heavy atom. The van der Waals surface area contributed by atoms with Gasteiger partial charge in [-0.3, -0.25) is 19.2 Å². The minimum absolute atomic E-state index is 0.0318. The highest BCUT2D eigenvalue weighted by atomic mass is 16.7. The fourth-order valence-electron chi connectivity index (χ4n) is 4.20. The van der Waals surface area contributed by atoms with E-state index in [0.29, 0.717) is 30.0 Å². The summed E-state index contributed by atoms with van der Waals surface area (Å²) in [5, 5.41) is 6.02. The van der Waals surface area contributed by atoms with Gasteiger partial charge in [0.15, 0.2) is 0 Å². The molecule has 186 valence electrons. The molecule has 0 unspecified atom stereocenters. The van der Waals surface area contributed by atoms with Gasteiger partial charge in [-0.2, -0.15) is 0 Å². The zero-order valence-corrected chi connectivity index (χ0v) is 19.9. The van der Waals surface area contributed by atoms with Crippen LogP contribution in [0.15, 0.2) is 18.2 Å². The maximum Gasteiger partial charge on any atom is 0.310 e. The molecule has 1 aromatic rings. The number of piperidine rings is 1. The van der Waals surface area contributed by atoms with Crippen molar-refractivity contribution in [2.75, 3.05) is 33.0 Å². The summed E-state index contributed by atoms with van der Waals surface area (Å²) >= 11 is 0. The highest BCUT2D eigenvalue weighted by molar-refractivity contribution is 6.02. The van der Waals surface area contributed by atoms with Gasteiger partial charge in [0, 0.05) is 37.2 Å². The number of carbonyl (C=O) groups is 4. The number of carbonyl (C=O) groups excluding carboxylic acids is 4. The standard InChI is InChI=1S/C25H35N3O6/c1-2-3-4-22(29)33-17-34-23(30)9-13-27-24(31)19-5-6-20-16-28(25(32)21(20)15-19)14-10-18-7-11-26-12-8-18/h5-6,15,18,26H,2-4,7-14,16-17H2,1H3,(H,27,31). The first-order valence-corrected chi connectivity index (χ1v) is 12.2. The van der Waals surface area contributed by atoms with Crippen molar-refractivity contribution < 1.29 is 28.7 Å². The molecule has 3 rings (SSSR count). The molecule has 2 amide bonds. The maximum absolute atomic E-state index is 12.8. The topological polar surface area (TPSA) is 114 Å². The summed E-state index contributed by atoms with van der Waals surface area (Å²) in [6, 6.07) is 5.16. The molecule has 2 aliphatic heterocycles. The number of nitrogens with zero attached hydrogens (tertiary/aromatic N) is 1. The largest absolute Gasteiger partial charge is 0.428 e. The Morgan fingerprint density at radius 2 is 1.85 bits per heavy atom. The molecule has 1 aromatic carbocycles. The number of esters is 2. The van der Waals surface area contributed by atoms with Crippen LogP contribution in [0.1, 0.15) is 78.1 Å². The van der Waals surface area contributed by atoms with Crippen LogP contribution >= 0.6 is 0 Å². The number of benzene rings is 1. The number of ether oxygens (including phenoxy) is 2. The second kappa shape index (κ2) is 13.1. The van der Waals surface area contributed by atoms with Crippen LogP contribution in [0, 0.1) is 5.92 Å². The molecule has 0 aliphatic carbocycles.